The summed E-state index contributed by atoms with van der Waals surface area (Å²) in [7, 11) is 1.35. The fourth-order valence-electron chi connectivity index (χ4n) is 2.54. The maximum absolute atomic E-state index is 13.5. The molecule has 1 aromatic rings. The molecular formula is C16H19FN2O4. The highest BCUT2D eigenvalue weighted by molar-refractivity contribution is 5.96. The molecule has 1 aliphatic heterocycles. The zero-order valence-electron chi connectivity index (χ0n) is 12.9. The van der Waals surface area contributed by atoms with Gasteiger partial charge in [-0.25, -0.2) is 4.39 Å². The molecule has 2 rings (SSSR count). The molecular weight excluding hydrogens is 303 g/mol. The molecule has 1 fully saturated rings. The minimum absolute atomic E-state index is 0.0929. The molecule has 0 saturated carbocycles. The summed E-state index contributed by atoms with van der Waals surface area (Å²) >= 11 is 0. The number of esters is 1. The van der Waals surface area contributed by atoms with E-state index in [1.165, 1.54) is 25.3 Å². The standard InChI is InChI=1S/C16H19FN2O4/c1-23-16(22)11-6-8-19(9-7-11)14(20)10-18-15(21)12-4-2-3-5-13(12)17/h2-5,11H,6-10H2,1H3,(H,18,21). The van der Waals surface area contributed by atoms with Crippen LogP contribution in [-0.4, -0.2) is 49.4 Å². The molecule has 0 spiro atoms. The van der Waals surface area contributed by atoms with Crippen molar-refractivity contribution in [3.8, 4) is 0 Å². The van der Waals surface area contributed by atoms with Gasteiger partial charge in [-0.3, -0.25) is 14.4 Å². The van der Waals surface area contributed by atoms with E-state index in [9.17, 15) is 18.8 Å². The third-order valence-electron chi connectivity index (χ3n) is 3.90. The van der Waals surface area contributed by atoms with Crippen molar-refractivity contribution >= 4 is 17.8 Å². The van der Waals surface area contributed by atoms with Gasteiger partial charge in [0.25, 0.3) is 5.91 Å². The van der Waals surface area contributed by atoms with E-state index in [0.717, 1.165) is 0 Å². The first-order chi connectivity index (χ1) is 11.0. The number of likely N-dealkylation sites (tertiary alicyclic amines) is 1. The molecule has 0 bridgehead atoms. The molecule has 1 N–H and O–H groups in total. The summed E-state index contributed by atoms with van der Waals surface area (Å²) in [6.45, 7) is 0.679. The fraction of sp³-hybridized carbons (Fsp3) is 0.438. The second kappa shape index (κ2) is 7.71. The van der Waals surface area contributed by atoms with Gasteiger partial charge in [0.05, 0.1) is 25.1 Å². The van der Waals surface area contributed by atoms with Gasteiger partial charge < -0.3 is 15.0 Å². The van der Waals surface area contributed by atoms with Crippen molar-refractivity contribution in [2.75, 3.05) is 26.7 Å². The third-order valence-corrected chi connectivity index (χ3v) is 3.90. The van der Waals surface area contributed by atoms with Gasteiger partial charge in [-0.2, -0.15) is 0 Å². The number of carbonyl (C=O) groups excluding carboxylic acids is 3. The van der Waals surface area contributed by atoms with Crippen LogP contribution in [0.3, 0.4) is 0 Å². The van der Waals surface area contributed by atoms with Gasteiger partial charge in [0.1, 0.15) is 5.82 Å². The van der Waals surface area contributed by atoms with Crippen molar-refractivity contribution in [3.63, 3.8) is 0 Å². The Kier molecular flexibility index (Phi) is 5.67. The molecule has 1 saturated heterocycles. The summed E-state index contributed by atoms with van der Waals surface area (Å²) in [5, 5.41) is 2.42. The van der Waals surface area contributed by atoms with Crippen molar-refractivity contribution in [1.29, 1.82) is 0 Å². The minimum Gasteiger partial charge on any atom is -0.469 e. The molecule has 1 heterocycles. The van der Waals surface area contributed by atoms with E-state index in [1.54, 1.807) is 11.0 Å². The highest BCUT2D eigenvalue weighted by Gasteiger charge is 2.27. The van der Waals surface area contributed by atoms with E-state index in [-0.39, 0.29) is 29.9 Å². The number of halogens is 1. The normalized spacial score (nSPS) is 15.1. The van der Waals surface area contributed by atoms with E-state index < -0.39 is 11.7 Å². The van der Waals surface area contributed by atoms with E-state index in [4.69, 9.17) is 0 Å². The number of ether oxygens (including phenoxy) is 1. The summed E-state index contributed by atoms with van der Waals surface area (Å²) in [5.74, 6) is -1.95. The number of hydrogen-bond acceptors (Lipinski definition) is 4. The van der Waals surface area contributed by atoms with Crippen molar-refractivity contribution in [1.82, 2.24) is 10.2 Å². The molecule has 1 aromatic carbocycles. The Hall–Kier alpha value is -2.44. The molecule has 0 unspecified atom stereocenters. The van der Waals surface area contributed by atoms with Crippen molar-refractivity contribution in [3.05, 3.63) is 35.6 Å². The molecule has 6 nitrogen and oxygen atoms in total. The molecule has 0 aromatic heterocycles. The van der Waals surface area contributed by atoms with E-state index in [1.807, 2.05) is 0 Å². The number of benzene rings is 1. The number of hydrogen-bond donors (Lipinski definition) is 1. The SMILES string of the molecule is COC(=O)C1CCN(C(=O)CNC(=O)c2ccccc2F)CC1. The topological polar surface area (TPSA) is 75.7 Å². The van der Waals surface area contributed by atoms with Crippen LogP contribution in [0, 0.1) is 11.7 Å². The van der Waals surface area contributed by atoms with E-state index in [0.29, 0.717) is 25.9 Å². The van der Waals surface area contributed by atoms with Crippen LogP contribution in [-0.2, 0) is 14.3 Å². The van der Waals surface area contributed by atoms with Crippen molar-refractivity contribution in [2.45, 2.75) is 12.8 Å². The number of piperidine rings is 1. The number of nitrogens with one attached hydrogen (secondary N) is 1. The molecule has 2 amide bonds. The van der Waals surface area contributed by atoms with Crippen LogP contribution >= 0.6 is 0 Å². The van der Waals surface area contributed by atoms with Gasteiger partial charge in [0, 0.05) is 13.1 Å². The van der Waals surface area contributed by atoms with Crippen molar-refractivity contribution < 1.29 is 23.5 Å². The predicted molar refractivity (Wildman–Crippen MR) is 80.1 cm³/mol. The van der Waals surface area contributed by atoms with Gasteiger partial charge in [-0.15, -0.1) is 0 Å². The van der Waals surface area contributed by atoms with Gasteiger partial charge in [-0.05, 0) is 25.0 Å². The lowest BCUT2D eigenvalue weighted by molar-refractivity contribution is -0.148. The smallest absolute Gasteiger partial charge is 0.308 e. The highest BCUT2D eigenvalue weighted by Crippen LogP contribution is 2.18. The molecule has 23 heavy (non-hydrogen) atoms. The predicted octanol–water partition coefficient (Wildman–Crippen LogP) is 0.967. The van der Waals surface area contributed by atoms with Gasteiger partial charge in [0.15, 0.2) is 0 Å². The molecule has 0 aliphatic carbocycles. The lowest BCUT2D eigenvalue weighted by atomic mass is 9.97. The largest absolute Gasteiger partial charge is 0.469 e. The zero-order valence-corrected chi connectivity index (χ0v) is 12.9. The fourth-order valence-corrected chi connectivity index (χ4v) is 2.54. The molecule has 124 valence electrons. The zero-order chi connectivity index (χ0) is 16.8. The molecule has 1 aliphatic rings. The lowest BCUT2D eigenvalue weighted by Crippen LogP contribution is -2.45. The number of nitrogens with zero attached hydrogens (tertiary/aromatic N) is 1. The second-order valence-electron chi connectivity index (χ2n) is 5.34. The Morgan fingerprint density at radius 2 is 1.91 bits per heavy atom. The Balaban J connectivity index is 1.81. The first-order valence-corrected chi connectivity index (χ1v) is 7.41. The monoisotopic (exact) mass is 322 g/mol. The van der Waals surface area contributed by atoms with Crippen LogP contribution in [0.4, 0.5) is 4.39 Å². The van der Waals surface area contributed by atoms with Crippen LogP contribution in [0.25, 0.3) is 0 Å². The van der Waals surface area contributed by atoms with Crippen LogP contribution in [0.5, 0.6) is 0 Å². The Morgan fingerprint density at radius 1 is 1.26 bits per heavy atom. The van der Waals surface area contributed by atoms with E-state index in [2.05, 4.69) is 10.1 Å². The van der Waals surface area contributed by atoms with Crippen LogP contribution < -0.4 is 5.32 Å². The van der Waals surface area contributed by atoms with Gasteiger partial charge >= 0.3 is 5.97 Å². The Labute approximate surface area is 133 Å². The Morgan fingerprint density at radius 3 is 2.52 bits per heavy atom. The molecule has 7 heteroatoms. The quantitative estimate of drug-likeness (QED) is 0.838. The number of methoxy groups -OCH3 is 1. The van der Waals surface area contributed by atoms with E-state index >= 15 is 0 Å². The number of rotatable bonds is 4. The van der Waals surface area contributed by atoms with Gasteiger partial charge in [-0.1, -0.05) is 12.1 Å². The average Bonchev–Trinajstić information content (AvgIpc) is 2.59. The number of amides is 2. The van der Waals surface area contributed by atoms with Crippen molar-refractivity contribution in [2.24, 2.45) is 5.92 Å². The summed E-state index contributed by atoms with van der Waals surface area (Å²) in [4.78, 5) is 36.9. The van der Waals surface area contributed by atoms with Crippen LogP contribution in [0.15, 0.2) is 24.3 Å². The summed E-state index contributed by atoms with van der Waals surface area (Å²) in [5.41, 5.74) is -0.0929. The van der Waals surface area contributed by atoms with Gasteiger partial charge in [0.2, 0.25) is 5.91 Å². The summed E-state index contributed by atoms with van der Waals surface area (Å²) in [6.07, 6.45) is 1.08. The second-order valence-corrected chi connectivity index (χ2v) is 5.34. The maximum Gasteiger partial charge on any atom is 0.308 e. The summed E-state index contributed by atoms with van der Waals surface area (Å²) in [6, 6.07) is 5.59. The first-order valence-electron chi connectivity index (χ1n) is 7.41. The minimum atomic E-state index is -0.628. The Bertz CT molecular complexity index is 597. The highest BCUT2D eigenvalue weighted by atomic mass is 19.1. The lowest BCUT2D eigenvalue weighted by Gasteiger charge is -2.30. The molecule has 0 radical (unpaired) electrons. The maximum atomic E-state index is 13.5. The summed E-state index contributed by atoms with van der Waals surface area (Å²) < 4.78 is 18.2. The van der Waals surface area contributed by atoms with Crippen LogP contribution in [0.1, 0.15) is 23.2 Å². The number of carbonyl (C=O) groups is 3. The van der Waals surface area contributed by atoms with Crippen LogP contribution in [0.2, 0.25) is 0 Å². The average molecular weight is 322 g/mol. The molecule has 0 atom stereocenters. The first kappa shape index (κ1) is 16.9. The third kappa shape index (κ3) is 4.28.